The van der Waals surface area contributed by atoms with E-state index in [2.05, 4.69) is 9.71 Å². The van der Waals surface area contributed by atoms with Crippen LogP contribution in [0.15, 0.2) is 47.6 Å². The Kier molecular flexibility index (Phi) is 4.89. The van der Waals surface area contributed by atoms with Gasteiger partial charge in [-0.25, -0.2) is 4.98 Å². The predicted octanol–water partition coefficient (Wildman–Crippen LogP) is 1.49. The third-order valence-corrected chi connectivity index (χ3v) is 4.15. The van der Waals surface area contributed by atoms with Crippen molar-refractivity contribution in [2.75, 3.05) is 11.8 Å². The number of hydrogen-bond acceptors (Lipinski definition) is 5. The van der Waals surface area contributed by atoms with Gasteiger partial charge in [-0.2, -0.15) is 8.42 Å². The van der Waals surface area contributed by atoms with E-state index in [1.54, 1.807) is 31.4 Å². The third kappa shape index (κ3) is 3.78. The van der Waals surface area contributed by atoms with Gasteiger partial charge in [0.1, 0.15) is 0 Å². The first-order valence-electron chi connectivity index (χ1n) is 6.31. The molecule has 6 nitrogen and oxygen atoms in total. The SMILES string of the molecule is COCc1ccccc1NS(=O)(=O)c1ccc(CN)cn1. The molecule has 0 amide bonds. The zero-order valence-electron chi connectivity index (χ0n) is 11.6. The van der Waals surface area contributed by atoms with Crippen molar-refractivity contribution < 1.29 is 13.2 Å². The van der Waals surface area contributed by atoms with Crippen molar-refractivity contribution in [2.45, 2.75) is 18.2 Å². The lowest BCUT2D eigenvalue weighted by Gasteiger charge is -2.11. The molecule has 21 heavy (non-hydrogen) atoms. The normalized spacial score (nSPS) is 11.3. The van der Waals surface area contributed by atoms with Gasteiger partial charge in [-0.15, -0.1) is 0 Å². The minimum Gasteiger partial charge on any atom is -0.380 e. The largest absolute Gasteiger partial charge is 0.380 e. The quantitative estimate of drug-likeness (QED) is 0.843. The van der Waals surface area contributed by atoms with Gasteiger partial charge in [0, 0.05) is 25.4 Å². The molecule has 3 N–H and O–H groups in total. The molecule has 1 aromatic heterocycles. The van der Waals surface area contributed by atoms with Crippen LogP contribution >= 0.6 is 0 Å². The lowest BCUT2D eigenvalue weighted by atomic mass is 10.2. The molecule has 0 bridgehead atoms. The van der Waals surface area contributed by atoms with Crippen LogP contribution in [-0.2, 0) is 27.9 Å². The Hall–Kier alpha value is -1.96. The summed E-state index contributed by atoms with van der Waals surface area (Å²) in [6, 6.07) is 10.1. The highest BCUT2D eigenvalue weighted by molar-refractivity contribution is 7.92. The molecule has 0 unspecified atom stereocenters. The number of rotatable bonds is 6. The second-order valence-corrected chi connectivity index (χ2v) is 6.03. The average molecular weight is 307 g/mol. The highest BCUT2D eigenvalue weighted by Gasteiger charge is 2.17. The van der Waals surface area contributed by atoms with E-state index >= 15 is 0 Å². The van der Waals surface area contributed by atoms with E-state index in [0.29, 0.717) is 18.8 Å². The lowest BCUT2D eigenvalue weighted by molar-refractivity contribution is 0.185. The Morgan fingerprint density at radius 3 is 2.62 bits per heavy atom. The Bertz CT molecular complexity index is 700. The number of nitrogens with zero attached hydrogens (tertiary/aromatic N) is 1. The van der Waals surface area contributed by atoms with E-state index in [0.717, 1.165) is 11.1 Å². The number of hydrogen-bond donors (Lipinski definition) is 2. The van der Waals surface area contributed by atoms with E-state index in [4.69, 9.17) is 10.5 Å². The number of methoxy groups -OCH3 is 1. The lowest BCUT2D eigenvalue weighted by Crippen LogP contribution is -2.16. The molecule has 112 valence electrons. The van der Waals surface area contributed by atoms with Crippen molar-refractivity contribution in [2.24, 2.45) is 5.73 Å². The Morgan fingerprint density at radius 1 is 1.24 bits per heavy atom. The van der Waals surface area contributed by atoms with Crippen LogP contribution in [-0.4, -0.2) is 20.5 Å². The number of benzene rings is 1. The molecule has 0 saturated heterocycles. The molecule has 0 spiro atoms. The first kappa shape index (κ1) is 15.4. The van der Waals surface area contributed by atoms with Gasteiger partial charge in [0.15, 0.2) is 5.03 Å². The van der Waals surface area contributed by atoms with Crippen LogP contribution in [0.3, 0.4) is 0 Å². The Morgan fingerprint density at radius 2 is 2.00 bits per heavy atom. The highest BCUT2D eigenvalue weighted by atomic mass is 32.2. The number of ether oxygens (including phenoxy) is 1. The first-order valence-corrected chi connectivity index (χ1v) is 7.80. The van der Waals surface area contributed by atoms with Gasteiger partial charge in [-0.3, -0.25) is 4.72 Å². The summed E-state index contributed by atoms with van der Waals surface area (Å²) in [7, 11) is -2.18. The fraction of sp³-hybridized carbons (Fsp3) is 0.214. The van der Waals surface area contributed by atoms with Crippen LogP contribution in [0, 0.1) is 0 Å². The second kappa shape index (κ2) is 6.66. The van der Waals surface area contributed by atoms with Gasteiger partial charge < -0.3 is 10.5 Å². The van der Waals surface area contributed by atoms with E-state index in [9.17, 15) is 8.42 Å². The molecule has 0 fully saturated rings. The van der Waals surface area contributed by atoms with E-state index < -0.39 is 10.0 Å². The summed E-state index contributed by atoms with van der Waals surface area (Å²) >= 11 is 0. The molecule has 1 aromatic carbocycles. The molecule has 0 aliphatic rings. The van der Waals surface area contributed by atoms with Crippen molar-refractivity contribution in [3.05, 3.63) is 53.7 Å². The summed E-state index contributed by atoms with van der Waals surface area (Å²) in [4.78, 5) is 3.93. The molecule has 7 heteroatoms. The molecule has 1 heterocycles. The van der Waals surface area contributed by atoms with Crippen molar-refractivity contribution in [1.29, 1.82) is 0 Å². The van der Waals surface area contributed by atoms with Gasteiger partial charge in [0.05, 0.1) is 12.3 Å². The summed E-state index contributed by atoms with van der Waals surface area (Å²) in [5.41, 5.74) is 7.47. The summed E-state index contributed by atoms with van der Waals surface area (Å²) in [6.45, 7) is 0.635. The summed E-state index contributed by atoms with van der Waals surface area (Å²) in [5.74, 6) is 0. The number of anilines is 1. The number of nitrogens with one attached hydrogen (secondary N) is 1. The molecule has 0 saturated carbocycles. The molecule has 0 radical (unpaired) electrons. The fourth-order valence-corrected chi connectivity index (χ4v) is 2.82. The predicted molar refractivity (Wildman–Crippen MR) is 80.1 cm³/mol. The summed E-state index contributed by atoms with van der Waals surface area (Å²) in [6.07, 6.45) is 1.45. The van der Waals surface area contributed by atoms with Gasteiger partial charge in [-0.1, -0.05) is 24.3 Å². The van der Waals surface area contributed by atoms with Crippen molar-refractivity contribution >= 4 is 15.7 Å². The van der Waals surface area contributed by atoms with Gasteiger partial charge in [0.25, 0.3) is 10.0 Å². The highest BCUT2D eigenvalue weighted by Crippen LogP contribution is 2.20. The van der Waals surface area contributed by atoms with Crippen LogP contribution in [0.2, 0.25) is 0 Å². The standard InChI is InChI=1S/C14H17N3O3S/c1-20-10-12-4-2-3-5-13(12)17-21(18,19)14-7-6-11(8-15)9-16-14/h2-7,9,17H,8,10,15H2,1H3. The minimum atomic E-state index is -3.74. The Labute approximate surface area is 124 Å². The molecular weight excluding hydrogens is 290 g/mol. The number of aromatic nitrogens is 1. The number of para-hydroxylation sites is 1. The number of pyridine rings is 1. The molecule has 0 aliphatic heterocycles. The summed E-state index contributed by atoms with van der Waals surface area (Å²) < 4.78 is 32.2. The smallest absolute Gasteiger partial charge is 0.279 e. The maximum Gasteiger partial charge on any atom is 0.279 e. The monoisotopic (exact) mass is 307 g/mol. The van der Waals surface area contributed by atoms with Crippen molar-refractivity contribution in [1.82, 2.24) is 4.98 Å². The second-order valence-electron chi connectivity index (χ2n) is 4.40. The zero-order valence-corrected chi connectivity index (χ0v) is 12.4. The van der Waals surface area contributed by atoms with Gasteiger partial charge in [0.2, 0.25) is 0 Å². The molecular formula is C14H17N3O3S. The molecule has 2 rings (SSSR count). The Balaban J connectivity index is 2.28. The maximum atomic E-state index is 12.3. The van der Waals surface area contributed by atoms with Crippen LogP contribution in [0.4, 0.5) is 5.69 Å². The van der Waals surface area contributed by atoms with Crippen molar-refractivity contribution in [3.63, 3.8) is 0 Å². The topological polar surface area (TPSA) is 94.3 Å². The van der Waals surface area contributed by atoms with Crippen LogP contribution in [0.5, 0.6) is 0 Å². The minimum absolute atomic E-state index is 0.0491. The maximum absolute atomic E-state index is 12.3. The molecule has 0 atom stereocenters. The summed E-state index contributed by atoms with van der Waals surface area (Å²) in [5, 5.41) is -0.0491. The van der Waals surface area contributed by atoms with Gasteiger partial charge in [-0.05, 0) is 17.7 Å². The fourth-order valence-electron chi connectivity index (χ4n) is 1.79. The first-order chi connectivity index (χ1) is 10.1. The molecule has 0 aliphatic carbocycles. The van der Waals surface area contributed by atoms with Crippen LogP contribution in [0.25, 0.3) is 0 Å². The van der Waals surface area contributed by atoms with Crippen LogP contribution in [0.1, 0.15) is 11.1 Å². The average Bonchev–Trinajstić information content (AvgIpc) is 2.49. The van der Waals surface area contributed by atoms with E-state index in [1.807, 2.05) is 6.07 Å². The zero-order chi connectivity index (χ0) is 15.3. The molecule has 2 aromatic rings. The van der Waals surface area contributed by atoms with E-state index in [1.165, 1.54) is 12.3 Å². The van der Waals surface area contributed by atoms with Crippen molar-refractivity contribution in [3.8, 4) is 0 Å². The number of sulfonamides is 1. The van der Waals surface area contributed by atoms with Crippen LogP contribution < -0.4 is 10.5 Å². The third-order valence-electron chi connectivity index (χ3n) is 2.87. The van der Waals surface area contributed by atoms with E-state index in [-0.39, 0.29) is 5.03 Å². The number of nitrogens with two attached hydrogens (primary N) is 1. The van der Waals surface area contributed by atoms with Gasteiger partial charge >= 0.3 is 0 Å².